The van der Waals surface area contributed by atoms with Crippen LogP contribution >= 0.6 is 0 Å². The fourth-order valence-corrected chi connectivity index (χ4v) is 3.11. The van der Waals surface area contributed by atoms with Crippen molar-refractivity contribution in [2.45, 2.75) is 70.5 Å². The molecule has 1 aliphatic carbocycles. The van der Waals surface area contributed by atoms with Crippen molar-refractivity contribution in [2.75, 3.05) is 0 Å². The zero-order chi connectivity index (χ0) is 10.7. The van der Waals surface area contributed by atoms with Crippen LogP contribution < -0.4 is 0 Å². The van der Waals surface area contributed by atoms with Gasteiger partial charge >= 0.3 is 0 Å². The maximum atomic E-state index is 11.3. The molecular weight excluding hydrogens is 188 g/mol. The molecular formula is C13H22O2. The quantitative estimate of drug-likeness (QED) is 0.669. The minimum atomic E-state index is -0.0347. The van der Waals surface area contributed by atoms with Crippen LogP contribution in [0.5, 0.6) is 0 Å². The van der Waals surface area contributed by atoms with Gasteiger partial charge in [-0.3, -0.25) is 0 Å². The van der Waals surface area contributed by atoms with Crippen LogP contribution in [-0.2, 0) is 9.53 Å². The third kappa shape index (κ3) is 2.60. The Balaban J connectivity index is 1.92. The summed E-state index contributed by atoms with van der Waals surface area (Å²) in [6.45, 7) is 2.13. The highest BCUT2D eigenvalue weighted by atomic mass is 16.5. The van der Waals surface area contributed by atoms with Crippen LogP contribution in [0.4, 0.5) is 0 Å². The monoisotopic (exact) mass is 210 g/mol. The largest absolute Gasteiger partial charge is 0.375 e. The highest BCUT2D eigenvalue weighted by molar-refractivity contribution is 5.59. The molecule has 1 heterocycles. The SMILES string of the molecule is CC1CCC(CC2(C=O)CCCCC2)O1. The molecule has 0 spiro atoms. The molecule has 0 aromatic rings. The van der Waals surface area contributed by atoms with Crippen molar-refractivity contribution in [3.63, 3.8) is 0 Å². The maximum absolute atomic E-state index is 11.3. The molecule has 0 bridgehead atoms. The van der Waals surface area contributed by atoms with Gasteiger partial charge in [0.05, 0.1) is 12.2 Å². The van der Waals surface area contributed by atoms with Gasteiger partial charge < -0.3 is 9.53 Å². The molecule has 1 aliphatic heterocycles. The molecule has 0 aromatic heterocycles. The van der Waals surface area contributed by atoms with Gasteiger partial charge in [0.1, 0.15) is 6.29 Å². The van der Waals surface area contributed by atoms with Gasteiger partial charge in [-0.15, -0.1) is 0 Å². The van der Waals surface area contributed by atoms with E-state index in [4.69, 9.17) is 4.74 Å². The lowest BCUT2D eigenvalue weighted by atomic mass is 9.71. The third-order valence-corrected chi connectivity index (χ3v) is 4.05. The molecule has 2 atom stereocenters. The van der Waals surface area contributed by atoms with Gasteiger partial charge in [-0.25, -0.2) is 0 Å². The fraction of sp³-hybridized carbons (Fsp3) is 0.923. The lowest BCUT2D eigenvalue weighted by Crippen LogP contribution is -2.30. The van der Waals surface area contributed by atoms with Crippen LogP contribution in [0.15, 0.2) is 0 Å². The summed E-state index contributed by atoms with van der Waals surface area (Å²) in [5.74, 6) is 0. The zero-order valence-corrected chi connectivity index (χ0v) is 9.71. The average Bonchev–Trinajstić information content (AvgIpc) is 2.65. The lowest BCUT2D eigenvalue weighted by molar-refractivity contribution is -0.120. The molecule has 0 aromatic carbocycles. The Labute approximate surface area is 92.4 Å². The molecule has 86 valence electrons. The van der Waals surface area contributed by atoms with Gasteiger partial charge in [0.2, 0.25) is 0 Å². The Morgan fingerprint density at radius 2 is 2.00 bits per heavy atom. The number of hydrogen-bond donors (Lipinski definition) is 0. The fourth-order valence-electron chi connectivity index (χ4n) is 3.11. The van der Waals surface area contributed by atoms with Crippen molar-refractivity contribution in [2.24, 2.45) is 5.41 Å². The van der Waals surface area contributed by atoms with Crippen LogP contribution in [0.1, 0.15) is 58.3 Å². The smallest absolute Gasteiger partial charge is 0.126 e. The molecule has 1 saturated heterocycles. The van der Waals surface area contributed by atoms with Crippen LogP contribution in [0.25, 0.3) is 0 Å². The first-order valence-corrected chi connectivity index (χ1v) is 6.36. The maximum Gasteiger partial charge on any atom is 0.126 e. The molecule has 2 unspecified atom stereocenters. The van der Waals surface area contributed by atoms with Crippen molar-refractivity contribution in [3.8, 4) is 0 Å². The van der Waals surface area contributed by atoms with Crippen LogP contribution in [0.2, 0.25) is 0 Å². The minimum absolute atomic E-state index is 0.0347. The highest BCUT2D eigenvalue weighted by Crippen LogP contribution is 2.41. The molecule has 2 rings (SSSR count). The summed E-state index contributed by atoms with van der Waals surface area (Å²) in [4.78, 5) is 11.3. The summed E-state index contributed by atoms with van der Waals surface area (Å²) in [5.41, 5.74) is -0.0347. The average molecular weight is 210 g/mol. The van der Waals surface area contributed by atoms with Crippen molar-refractivity contribution in [1.29, 1.82) is 0 Å². The van der Waals surface area contributed by atoms with Crippen molar-refractivity contribution in [3.05, 3.63) is 0 Å². The molecule has 2 fully saturated rings. The standard InChI is InChI=1S/C13H22O2/c1-11-5-6-12(15-11)9-13(10-14)7-3-2-4-8-13/h10-12H,2-9H2,1H3. The van der Waals surface area contributed by atoms with E-state index in [1.54, 1.807) is 0 Å². The number of hydrogen-bond acceptors (Lipinski definition) is 2. The first-order chi connectivity index (χ1) is 7.24. The molecule has 0 amide bonds. The zero-order valence-electron chi connectivity index (χ0n) is 9.71. The van der Waals surface area contributed by atoms with E-state index in [1.807, 2.05) is 0 Å². The Kier molecular flexibility index (Phi) is 3.45. The number of carbonyl (C=O) groups is 1. The van der Waals surface area contributed by atoms with Crippen molar-refractivity contribution in [1.82, 2.24) is 0 Å². The Morgan fingerprint density at radius 1 is 1.27 bits per heavy atom. The molecule has 0 radical (unpaired) electrons. The summed E-state index contributed by atoms with van der Waals surface area (Å²) in [6.07, 6.45) is 11.2. The number of carbonyl (C=O) groups excluding carboxylic acids is 1. The first-order valence-electron chi connectivity index (χ1n) is 6.36. The second-order valence-corrected chi connectivity index (χ2v) is 5.39. The molecule has 15 heavy (non-hydrogen) atoms. The normalized spacial score (nSPS) is 35.3. The number of rotatable bonds is 3. The van der Waals surface area contributed by atoms with E-state index in [1.165, 1.54) is 32.0 Å². The summed E-state index contributed by atoms with van der Waals surface area (Å²) in [7, 11) is 0. The van der Waals surface area contributed by atoms with Gasteiger partial charge in [-0.1, -0.05) is 19.3 Å². The second kappa shape index (κ2) is 4.65. The van der Waals surface area contributed by atoms with E-state index in [9.17, 15) is 4.79 Å². The van der Waals surface area contributed by atoms with Crippen molar-refractivity contribution < 1.29 is 9.53 Å². The first kappa shape index (κ1) is 11.1. The number of aldehydes is 1. The highest BCUT2D eigenvalue weighted by Gasteiger charge is 2.36. The van der Waals surface area contributed by atoms with Gasteiger partial charge in [-0.2, -0.15) is 0 Å². The van der Waals surface area contributed by atoms with Crippen LogP contribution in [0.3, 0.4) is 0 Å². The van der Waals surface area contributed by atoms with E-state index in [2.05, 4.69) is 6.92 Å². The Morgan fingerprint density at radius 3 is 2.53 bits per heavy atom. The van der Waals surface area contributed by atoms with Gasteiger partial charge in [0.25, 0.3) is 0 Å². The van der Waals surface area contributed by atoms with Crippen LogP contribution in [0, 0.1) is 5.41 Å². The lowest BCUT2D eigenvalue weighted by Gasteiger charge is -2.33. The third-order valence-electron chi connectivity index (χ3n) is 4.05. The molecule has 2 heteroatoms. The minimum Gasteiger partial charge on any atom is -0.375 e. The van der Waals surface area contributed by atoms with E-state index in [0.29, 0.717) is 12.2 Å². The van der Waals surface area contributed by atoms with Gasteiger partial charge in [0, 0.05) is 5.41 Å². The summed E-state index contributed by atoms with van der Waals surface area (Å²) < 4.78 is 5.83. The Hall–Kier alpha value is -0.370. The van der Waals surface area contributed by atoms with E-state index in [0.717, 1.165) is 25.7 Å². The van der Waals surface area contributed by atoms with Gasteiger partial charge in [-0.05, 0) is 39.0 Å². The number of ether oxygens (including phenoxy) is 1. The van der Waals surface area contributed by atoms with Gasteiger partial charge in [0.15, 0.2) is 0 Å². The van der Waals surface area contributed by atoms with Crippen molar-refractivity contribution >= 4 is 6.29 Å². The molecule has 2 nitrogen and oxygen atoms in total. The summed E-state index contributed by atoms with van der Waals surface area (Å²) in [5, 5.41) is 0. The topological polar surface area (TPSA) is 26.3 Å². The predicted molar refractivity (Wildman–Crippen MR) is 59.8 cm³/mol. The van der Waals surface area contributed by atoms with E-state index in [-0.39, 0.29) is 5.41 Å². The van der Waals surface area contributed by atoms with E-state index >= 15 is 0 Å². The second-order valence-electron chi connectivity index (χ2n) is 5.39. The molecule has 2 aliphatic rings. The van der Waals surface area contributed by atoms with Crippen LogP contribution in [-0.4, -0.2) is 18.5 Å². The molecule has 1 saturated carbocycles. The van der Waals surface area contributed by atoms with E-state index < -0.39 is 0 Å². The Bertz CT molecular complexity index is 219. The summed E-state index contributed by atoms with van der Waals surface area (Å²) >= 11 is 0. The summed E-state index contributed by atoms with van der Waals surface area (Å²) in [6, 6.07) is 0. The molecule has 0 N–H and O–H groups in total. The predicted octanol–water partition coefficient (Wildman–Crippen LogP) is 3.09.